The first-order valence-electron chi connectivity index (χ1n) is 6.30. The predicted octanol–water partition coefficient (Wildman–Crippen LogP) is 2.85. The van der Waals surface area contributed by atoms with E-state index in [-0.39, 0.29) is 10.9 Å². The summed E-state index contributed by atoms with van der Waals surface area (Å²) in [7, 11) is 0. The number of carboxylic acid groups (broad SMARTS) is 1. The minimum atomic E-state index is -0.770. The van der Waals surface area contributed by atoms with Crippen molar-refractivity contribution < 1.29 is 14.3 Å². The minimum Gasteiger partial charge on any atom is -0.481 e. The Kier molecular flexibility index (Phi) is 3.22. The predicted molar refractivity (Wildman–Crippen MR) is 71.7 cm³/mol. The highest BCUT2D eigenvalue weighted by Gasteiger charge is 2.26. The Hall–Kier alpha value is -1.88. The van der Waals surface area contributed by atoms with E-state index in [2.05, 4.69) is 5.10 Å². The number of hydrogen-bond acceptors (Lipinski definition) is 2. The van der Waals surface area contributed by atoms with Gasteiger partial charge in [-0.2, -0.15) is 5.10 Å². The molecule has 0 amide bonds. The molecular weight excluding hydrogens is 283 g/mol. The highest BCUT2D eigenvalue weighted by Crippen LogP contribution is 2.26. The SMILES string of the molecule is O=C(O)C1CCc2nn(-c3ccc(F)c(Cl)c3)cc2C1. The lowest BCUT2D eigenvalue weighted by Crippen LogP contribution is -2.21. The fourth-order valence-electron chi connectivity index (χ4n) is 2.48. The topological polar surface area (TPSA) is 55.1 Å². The van der Waals surface area contributed by atoms with Crippen molar-refractivity contribution in [1.29, 1.82) is 0 Å². The molecule has 1 atom stereocenters. The lowest BCUT2D eigenvalue weighted by molar-refractivity contribution is -0.142. The van der Waals surface area contributed by atoms with Gasteiger partial charge in [0.25, 0.3) is 0 Å². The Balaban J connectivity index is 1.94. The van der Waals surface area contributed by atoms with Crippen molar-refractivity contribution in [1.82, 2.24) is 9.78 Å². The van der Waals surface area contributed by atoms with Crippen LogP contribution in [-0.4, -0.2) is 20.9 Å². The molecule has 1 aliphatic rings. The molecule has 0 aliphatic heterocycles. The number of hydrogen-bond donors (Lipinski definition) is 1. The number of nitrogens with zero attached hydrogens (tertiary/aromatic N) is 2. The molecule has 20 heavy (non-hydrogen) atoms. The zero-order valence-corrected chi connectivity index (χ0v) is 11.3. The van der Waals surface area contributed by atoms with Crippen LogP contribution in [0.2, 0.25) is 5.02 Å². The van der Waals surface area contributed by atoms with E-state index < -0.39 is 11.8 Å². The van der Waals surface area contributed by atoms with Crippen LogP contribution < -0.4 is 0 Å². The van der Waals surface area contributed by atoms with Gasteiger partial charge in [0.1, 0.15) is 5.82 Å². The van der Waals surface area contributed by atoms with Crippen LogP contribution in [0.15, 0.2) is 24.4 Å². The van der Waals surface area contributed by atoms with Crippen molar-refractivity contribution >= 4 is 17.6 Å². The molecule has 0 radical (unpaired) electrons. The van der Waals surface area contributed by atoms with Gasteiger partial charge in [0.2, 0.25) is 0 Å². The lowest BCUT2D eigenvalue weighted by atomic mass is 9.88. The van der Waals surface area contributed by atoms with Crippen molar-refractivity contribution in [2.75, 3.05) is 0 Å². The molecule has 1 aromatic carbocycles. The molecule has 2 aromatic rings. The molecule has 0 saturated carbocycles. The number of rotatable bonds is 2. The molecule has 1 N–H and O–H groups in total. The summed E-state index contributed by atoms with van der Waals surface area (Å²) in [6, 6.07) is 4.39. The second-order valence-electron chi connectivity index (χ2n) is 4.92. The average molecular weight is 295 g/mol. The van der Waals surface area contributed by atoms with Crippen molar-refractivity contribution in [2.45, 2.75) is 19.3 Å². The first-order chi connectivity index (χ1) is 9.54. The molecule has 0 saturated heterocycles. The smallest absolute Gasteiger partial charge is 0.306 e. The third-order valence-corrected chi connectivity index (χ3v) is 3.88. The Labute approximate surface area is 119 Å². The second-order valence-corrected chi connectivity index (χ2v) is 5.33. The Morgan fingerprint density at radius 3 is 3.00 bits per heavy atom. The van der Waals surface area contributed by atoms with E-state index in [1.807, 2.05) is 0 Å². The number of carboxylic acids is 1. The number of carbonyl (C=O) groups is 1. The normalized spacial score (nSPS) is 17.8. The molecule has 104 valence electrons. The van der Waals surface area contributed by atoms with E-state index in [1.54, 1.807) is 16.9 Å². The largest absolute Gasteiger partial charge is 0.481 e. The van der Waals surface area contributed by atoms with E-state index in [0.29, 0.717) is 24.9 Å². The standard InChI is InChI=1S/C14H12ClFN2O2/c15-11-6-10(2-3-12(11)16)18-7-9-5-8(14(19)20)1-4-13(9)17-18/h2-3,6-8H,1,4-5H2,(H,19,20). The number of aryl methyl sites for hydroxylation is 1. The van der Waals surface area contributed by atoms with Crippen LogP contribution in [-0.2, 0) is 17.6 Å². The van der Waals surface area contributed by atoms with Gasteiger partial charge in [0.15, 0.2) is 0 Å². The highest BCUT2D eigenvalue weighted by molar-refractivity contribution is 6.30. The van der Waals surface area contributed by atoms with E-state index in [9.17, 15) is 9.18 Å². The van der Waals surface area contributed by atoms with E-state index in [0.717, 1.165) is 11.3 Å². The zero-order chi connectivity index (χ0) is 14.3. The summed E-state index contributed by atoms with van der Waals surface area (Å²) in [4.78, 5) is 11.0. The summed E-state index contributed by atoms with van der Waals surface area (Å²) in [5, 5.41) is 13.5. The molecule has 6 heteroatoms. The molecule has 1 aromatic heterocycles. The minimum absolute atomic E-state index is 0.0411. The molecule has 0 fully saturated rings. The Morgan fingerprint density at radius 2 is 2.30 bits per heavy atom. The third kappa shape index (κ3) is 2.29. The number of fused-ring (bicyclic) bond motifs is 1. The number of aromatic nitrogens is 2. The summed E-state index contributed by atoms with van der Waals surface area (Å²) in [6.07, 6.45) is 3.53. The number of benzene rings is 1. The van der Waals surface area contributed by atoms with Crippen molar-refractivity contribution in [3.8, 4) is 5.69 Å². The molecule has 4 nitrogen and oxygen atoms in total. The average Bonchev–Trinajstić information content (AvgIpc) is 2.84. The van der Waals surface area contributed by atoms with Crippen molar-refractivity contribution in [3.63, 3.8) is 0 Å². The zero-order valence-electron chi connectivity index (χ0n) is 10.5. The highest BCUT2D eigenvalue weighted by atomic mass is 35.5. The van der Waals surface area contributed by atoms with E-state index in [1.165, 1.54) is 12.1 Å². The molecule has 1 aliphatic carbocycles. The lowest BCUT2D eigenvalue weighted by Gasteiger charge is -2.16. The molecule has 0 bridgehead atoms. The molecular formula is C14H12ClFN2O2. The number of aliphatic carboxylic acids is 1. The van der Waals surface area contributed by atoms with Gasteiger partial charge in [0.05, 0.1) is 22.3 Å². The second kappa shape index (κ2) is 4.90. The van der Waals surface area contributed by atoms with Crippen LogP contribution in [0.1, 0.15) is 17.7 Å². The molecule has 3 rings (SSSR count). The maximum absolute atomic E-state index is 13.2. The van der Waals surface area contributed by atoms with Crippen molar-refractivity contribution in [3.05, 3.63) is 46.5 Å². The van der Waals surface area contributed by atoms with Gasteiger partial charge in [-0.3, -0.25) is 4.79 Å². The van der Waals surface area contributed by atoms with Gasteiger partial charge >= 0.3 is 5.97 Å². The first kappa shape index (κ1) is 13.1. The summed E-state index contributed by atoms with van der Waals surface area (Å²) < 4.78 is 14.8. The first-order valence-corrected chi connectivity index (χ1v) is 6.68. The van der Waals surface area contributed by atoms with Crippen LogP contribution in [0.25, 0.3) is 5.69 Å². The van der Waals surface area contributed by atoms with Crippen LogP contribution in [0.5, 0.6) is 0 Å². The van der Waals surface area contributed by atoms with Gasteiger partial charge in [-0.25, -0.2) is 9.07 Å². The summed E-state index contributed by atoms with van der Waals surface area (Å²) in [5.74, 6) is -1.59. The van der Waals surface area contributed by atoms with Gasteiger partial charge in [0, 0.05) is 6.20 Å². The quantitative estimate of drug-likeness (QED) is 0.926. The summed E-state index contributed by atoms with van der Waals surface area (Å²) in [5.41, 5.74) is 2.50. The van der Waals surface area contributed by atoms with Crippen LogP contribution in [0, 0.1) is 11.7 Å². The van der Waals surface area contributed by atoms with Gasteiger partial charge in [-0.1, -0.05) is 11.6 Å². The number of halogens is 2. The fourth-order valence-corrected chi connectivity index (χ4v) is 2.65. The summed E-state index contributed by atoms with van der Waals surface area (Å²) in [6.45, 7) is 0. The van der Waals surface area contributed by atoms with E-state index in [4.69, 9.17) is 16.7 Å². The van der Waals surface area contributed by atoms with Crippen LogP contribution >= 0.6 is 11.6 Å². The molecule has 1 unspecified atom stereocenters. The molecule has 1 heterocycles. The van der Waals surface area contributed by atoms with Crippen LogP contribution in [0.4, 0.5) is 4.39 Å². The third-order valence-electron chi connectivity index (χ3n) is 3.59. The Bertz CT molecular complexity index is 684. The van der Waals surface area contributed by atoms with E-state index >= 15 is 0 Å². The maximum Gasteiger partial charge on any atom is 0.306 e. The monoisotopic (exact) mass is 294 g/mol. The van der Waals surface area contributed by atoms with Gasteiger partial charge < -0.3 is 5.11 Å². The maximum atomic E-state index is 13.2. The summed E-state index contributed by atoms with van der Waals surface area (Å²) >= 11 is 5.76. The van der Waals surface area contributed by atoms with Crippen molar-refractivity contribution in [2.24, 2.45) is 5.92 Å². The fraction of sp³-hybridized carbons (Fsp3) is 0.286. The molecule has 0 spiro atoms. The van der Waals surface area contributed by atoms with Gasteiger partial charge in [-0.05, 0) is 43.0 Å². The Morgan fingerprint density at radius 1 is 1.50 bits per heavy atom. The van der Waals surface area contributed by atoms with Gasteiger partial charge in [-0.15, -0.1) is 0 Å². The van der Waals surface area contributed by atoms with Crippen LogP contribution in [0.3, 0.4) is 0 Å².